The molecule has 1 aromatic heterocycles. The highest BCUT2D eigenvalue weighted by atomic mass is 32.2. The van der Waals surface area contributed by atoms with Gasteiger partial charge in [0, 0.05) is 17.4 Å². The lowest BCUT2D eigenvalue weighted by Crippen LogP contribution is -2.08. The molecule has 1 unspecified atom stereocenters. The van der Waals surface area contributed by atoms with Gasteiger partial charge in [0.1, 0.15) is 5.76 Å². The Morgan fingerprint density at radius 1 is 0.867 bits per heavy atom. The molecule has 2 aromatic rings. The fourth-order valence-corrected chi connectivity index (χ4v) is 4.81. The van der Waals surface area contributed by atoms with Crippen molar-refractivity contribution in [2.24, 2.45) is 0 Å². The second-order valence-corrected chi connectivity index (χ2v) is 8.81. The Bertz CT molecular complexity index is 757. The van der Waals surface area contributed by atoms with Crippen LogP contribution in [-0.4, -0.2) is 27.9 Å². The Balaban J connectivity index is 1.75. The molecule has 1 aromatic carbocycles. The number of thioether (sulfide) groups is 1. The fourth-order valence-electron chi connectivity index (χ4n) is 3.56. The lowest BCUT2D eigenvalue weighted by molar-refractivity contribution is -0.137. The molecule has 0 saturated carbocycles. The fraction of sp³-hybridized carbons (Fsp3) is 0.500. The van der Waals surface area contributed by atoms with E-state index in [2.05, 4.69) is 6.07 Å². The zero-order valence-corrected chi connectivity index (χ0v) is 18.2. The molecule has 0 bridgehead atoms. The lowest BCUT2D eigenvalue weighted by atomic mass is 9.97. The van der Waals surface area contributed by atoms with Crippen molar-refractivity contribution in [3.05, 3.63) is 59.5 Å². The van der Waals surface area contributed by atoms with Crippen LogP contribution in [0.4, 0.5) is 0 Å². The summed E-state index contributed by atoms with van der Waals surface area (Å²) in [5, 5.41) is 17.9. The molecule has 0 aliphatic carbocycles. The average Bonchev–Trinajstić information content (AvgIpc) is 3.22. The van der Waals surface area contributed by atoms with E-state index in [1.165, 1.54) is 36.6 Å². The first-order valence-corrected chi connectivity index (χ1v) is 11.8. The van der Waals surface area contributed by atoms with Crippen LogP contribution in [0.25, 0.3) is 0 Å². The second-order valence-electron chi connectivity index (χ2n) is 7.50. The number of benzene rings is 1. The highest BCUT2D eigenvalue weighted by Gasteiger charge is 2.19. The minimum absolute atomic E-state index is 0.0109. The van der Waals surface area contributed by atoms with Crippen molar-refractivity contribution >= 4 is 23.7 Å². The van der Waals surface area contributed by atoms with E-state index >= 15 is 0 Å². The van der Waals surface area contributed by atoms with Crippen molar-refractivity contribution in [3.63, 3.8) is 0 Å². The van der Waals surface area contributed by atoms with Gasteiger partial charge >= 0.3 is 11.9 Å². The number of hydrogen-bond acceptors (Lipinski definition) is 4. The van der Waals surface area contributed by atoms with E-state index in [-0.39, 0.29) is 18.1 Å². The summed E-state index contributed by atoms with van der Waals surface area (Å²) in [5.41, 5.74) is 2.22. The van der Waals surface area contributed by atoms with E-state index in [1.54, 1.807) is 6.26 Å². The summed E-state index contributed by atoms with van der Waals surface area (Å²) in [6, 6.07) is 11.9. The Morgan fingerprint density at radius 3 is 2.23 bits per heavy atom. The number of carboxylic acids is 2. The Hall–Kier alpha value is -2.21. The van der Waals surface area contributed by atoms with Crippen LogP contribution >= 0.6 is 11.8 Å². The van der Waals surface area contributed by atoms with E-state index in [9.17, 15) is 14.7 Å². The first-order chi connectivity index (χ1) is 14.6. The van der Waals surface area contributed by atoms with Gasteiger partial charge in [-0.2, -0.15) is 11.8 Å². The zero-order chi connectivity index (χ0) is 21.6. The Morgan fingerprint density at radius 2 is 1.57 bits per heavy atom. The van der Waals surface area contributed by atoms with Gasteiger partial charge in [-0.25, -0.2) is 0 Å². The maximum atomic E-state index is 11.3. The maximum absolute atomic E-state index is 11.3. The number of unbranched alkanes of at least 4 members (excludes halogenated alkanes) is 5. The molecule has 0 amide bonds. The van der Waals surface area contributed by atoms with Gasteiger partial charge < -0.3 is 14.6 Å². The third-order valence-corrected chi connectivity index (χ3v) is 6.36. The van der Waals surface area contributed by atoms with Gasteiger partial charge in [-0.3, -0.25) is 9.59 Å². The van der Waals surface area contributed by atoms with Crippen LogP contribution in [0.1, 0.15) is 73.5 Å². The molecule has 5 nitrogen and oxygen atoms in total. The lowest BCUT2D eigenvalue weighted by Gasteiger charge is -2.18. The molecule has 0 fully saturated rings. The van der Waals surface area contributed by atoms with Crippen LogP contribution in [0.15, 0.2) is 47.1 Å². The normalized spacial score (nSPS) is 12.0. The van der Waals surface area contributed by atoms with Gasteiger partial charge in [-0.15, -0.1) is 0 Å². The van der Waals surface area contributed by atoms with E-state index in [0.717, 1.165) is 43.4 Å². The van der Waals surface area contributed by atoms with Crippen molar-refractivity contribution in [2.75, 3.05) is 5.75 Å². The third-order valence-electron chi connectivity index (χ3n) is 5.10. The first-order valence-electron chi connectivity index (χ1n) is 10.7. The van der Waals surface area contributed by atoms with E-state index in [0.29, 0.717) is 5.75 Å². The van der Waals surface area contributed by atoms with Crippen LogP contribution in [0.5, 0.6) is 0 Å². The highest BCUT2D eigenvalue weighted by Crippen LogP contribution is 2.35. The SMILES string of the molecule is O=C(O)CCSC(CC(=O)O)c1ccccc1CCCCCCCCc1ccco1. The summed E-state index contributed by atoms with van der Waals surface area (Å²) in [6.07, 6.45) is 10.7. The van der Waals surface area contributed by atoms with E-state index in [1.807, 2.05) is 30.3 Å². The maximum Gasteiger partial charge on any atom is 0.304 e. The highest BCUT2D eigenvalue weighted by molar-refractivity contribution is 7.99. The molecule has 1 heterocycles. The molecule has 0 spiro atoms. The van der Waals surface area contributed by atoms with Gasteiger partial charge in [-0.05, 0) is 42.5 Å². The molecule has 2 rings (SSSR count). The summed E-state index contributed by atoms with van der Waals surface area (Å²) in [5.74, 6) is -0.232. The predicted molar refractivity (Wildman–Crippen MR) is 120 cm³/mol. The molecular formula is C24H32O5S. The number of aryl methyl sites for hydroxylation is 2. The third kappa shape index (κ3) is 9.53. The van der Waals surface area contributed by atoms with Crippen molar-refractivity contribution in [3.8, 4) is 0 Å². The topological polar surface area (TPSA) is 87.7 Å². The van der Waals surface area contributed by atoms with Crippen LogP contribution < -0.4 is 0 Å². The molecular weight excluding hydrogens is 400 g/mol. The number of hydrogen-bond donors (Lipinski definition) is 2. The predicted octanol–water partition coefficient (Wildman–Crippen LogP) is 6.13. The molecule has 0 aliphatic rings. The van der Waals surface area contributed by atoms with Crippen LogP contribution in [0, 0.1) is 0 Å². The first kappa shape index (κ1) is 24.1. The van der Waals surface area contributed by atoms with Crippen LogP contribution in [0.2, 0.25) is 0 Å². The Kier molecular flexibility index (Phi) is 11.2. The number of carbonyl (C=O) groups is 2. The molecule has 0 radical (unpaired) electrons. The number of rotatable bonds is 16. The van der Waals surface area contributed by atoms with Crippen molar-refractivity contribution in [1.29, 1.82) is 0 Å². The molecule has 0 saturated heterocycles. The van der Waals surface area contributed by atoms with Gasteiger partial charge in [-0.1, -0.05) is 49.9 Å². The summed E-state index contributed by atoms with van der Waals surface area (Å²) in [6.45, 7) is 0. The molecule has 0 aliphatic heterocycles. The largest absolute Gasteiger partial charge is 0.481 e. The minimum Gasteiger partial charge on any atom is -0.481 e. The summed E-state index contributed by atoms with van der Waals surface area (Å²) in [4.78, 5) is 22.1. The summed E-state index contributed by atoms with van der Waals surface area (Å²) < 4.78 is 5.35. The second kappa shape index (κ2) is 13.9. The number of carboxylic acid groups (broad SMARTS) is 2. The van der Waals surface area contributed by atoms with Gasteiger partial charge in [0.15, 0.2) is 0 Å². The van der Waals surface area contributed by atoms with Crippen LogP contribution in [0.3, 0.4) is 0 Å². The van der Waals surface area contributed by atoms with Crippen molar-refractivity contribution < 1.29 is 24.2 Å². The number of furan rings is 1. The van der Waals surface area contributed by atoms with Crippen LogP contribution in [-0.2, 0) is 22.4 Å². The van der Waals surface area contributed by atoms with Gasteiger partial charge in [0.2, 0.25) is 0 Å². The van der Waals surface area contributed by atoms with Gasteiger partial charge in [0.05, 0.1) is 19.1 Å². The Labute approximate surface area is 182 Å². The average molecular weight is 433 g/mol. The van der Waals surface area contributed by atoms with Crippen molar-refractivity contribution in [2.45, 2.75) is 69.5 Å². The smallest absolute Gasteiger partial charge is 0.304 e. The summed E-state index contributed by atoms with van der Waals surface area (Å²) >= 11 is 1.43. The molecule has 6 heteroatoms. The molecule has 30 heavy (non-hydrogen) atoms. The molecule has 164 valence electrons. The van der Waals surface area contributed by atoms with E-state index in [4.69, 9.17) is 9.52 Å². The zero-order valence-electron chi connectivity index (χ0n) is 17.4. The monoisotopic (exact) mass is 432 g/mol. The van der Waals surface area contributed by atoms with Crippen molar-refractivity contribution in [1.82, 2.24) is 0 Å². The molecule has 1 atom stereocenters. The minimum atomic E-state index is -0.854. The molecule has 2 N–H and O–H groups in total. The summed E-state index contributed by atoms with van der Waals surface area (Å²) in [7, 11) is 0. The van der Waals surface area contributed by atoms with Gasteiger partial charge in [0.25, 0.3) is 0 Å². The quantitative estimate of drug-likeness (QED) is 0.310. The van der Waals surface area contributed by atoms with E-state index < -0.39 is 11.9 Å². The standard InChI is InChI=1S/C24H32O5S/c25-23(26)15-17-30-22(18-24(27)28)21-14-8-7-11-19(21)10-5-3-1-2-4-6-12-20-13-9-16-29-20/h7-9,11,13-14,16,22H,1-6,10,12,15,17-18H2,(H,25,26)(H,27,28). The number of aliphatic carboxylic acids is 2.